The second-order valence-corrected chi connectivity index (χ2v) is 7.53. The number of carbonyl (C=O) groups is 1. The summed E-state index contributed by atoms with van der Waals surface area (Å²) in [4.78, 5) is 21.7. The second-order valence-electron chi connectivity index (χ2n) is 6.52. The number of nitrogens with two attached hydrogens (primary N) is 2. The second kappa shape index (κ2) is 9.60. The summed E-state index contributed by atoms with van der Waals surface area (Å²) in [7, 11) is 0. The Morgan fingerprint density at radius 2 is 1.96 bits per heavy atom. The van der Waals surface area contributed by atoms with E-state index < -0.39 is 6.29 Å². The maximum absolute atomic E-state index is 12.5. The predicted octanol–water partition coefficient (Wildman–Crippen LogP) is 0.458. The first kappa shape index (κ1) is 20.2. The lowest BCUT2D eigenvalue weighted by molar-refractivity contribution is 0.103. The lowest BCUT2D eigenvalue weighted by Gasteiger charge is -2.36. The average Bonchev–Trinajstić information content (AvgIpc) is 3.20. The molecule has 2 aromatic rings. The monoisotopic (exact) mass is 402 g/mol. The van der Waals surface area contributed by atoms with Crippen molar-refractivity contribution in [2.75, 3.05) is 42.9 Å². The molecule has 0 radical (unpaired) electrons. The van der Waals surface area contributed by atoms with Crippen LogP contribution in [-0.4, -0.2) is 61.1 Å². The summed E-state index contributed by atoms with van der Waals surface area (Å²) in [5, 5.41) is 13.5. The Morgan fingerprint density at radius 3 is 2.61 bits per heavy atom. The Bertz CT molecular complexity index is 783. The first-order valence-electron chi connectivity index (χ1n) is 9.15. The molecule has 0 unspecified atom stereocenters. The van der Waals surface area contributed by atoms with Gasteiger partial charge in [0.2, 0.25) is 0 Å². The molecule has 2 heterocycles. The summed E-state index contributed by atoms with van der Waals surface area (Å²) in [5.74, 6) is -0.162. The summed E-state index contributed by atoms with van der Waals surface area (Å²) in [6.45, 7) is 3.84. The van der Waals surface area contributed by atoms with Crippen LogP contribution in [-0.2, 0) is 6.42 Å². The molecule has 0 bridgehead atoms. The van der Waals surface area contributed by atoms with E-state index in [-0.39, 0.29) is 5.91 Å². The van der Waals surface area contributed by atoms with Gasteiger partial charge in [-0.05, 0) is 24.1 Å². The third kappa shape index (κ3) is 5.26. The standard InChI is InChI=1S/C18H26N8OS/c19-12-22-6-5-13-1-3-14(4-2-13)24-16(27)15-11-23-18(28-15)26-9-7-25(8-10-26)17(20)21/h1-4,11-12,17H,5-10,20-21H2,(H2,19,22)(H,24,27). The third-order valence-corrected chi connectivity index (χ3v) is 5.65. The highest BCUT2D eigenvalue weighted by atomic mass is 32.1. The molecule has 28 heavy (non-hydrogen) atoms. The Labute approximate surface area is 168 Å². The van der Waals surface area contributed by atoms with Gasteiger partial charge in [0.1, 0.15) is 11.2 Å². The van der Waals surface area contributed by atoms with Crippen LogP contribution in [0.5, 0.6) is 0 Å². The molecule has 1 aliphatic heterocycles. The highest BCUT2D eigenvalue weighted by Gasteiger charge is 2.22. The Morgan fingerprint density at radius 1 is 1.25 bits per heavy atom. The van der Waals surface area contributed by atoms with E-state index in [1.54, 1.807) is 6.20 Å². The van der Waals surface area contributed by atoms with Gasteiger partial charge in [-0.1, -0.05) is 23.5 Å². The highest BCUT2D eigenvalue weighted by Crippen LogP contribution is 2.24. The van der Waals surface area contributed by atoms with E-state index in [1.807, 2.05) is 29.2 Å². The van der Waals surface area contributed by atoms with Crippen LogP contribution in [0.25, 0.3) is 0 Å². The number of nitrogens with one attached hydrogen (secondary N) is 3. The van der Waals surface area contributed by atoms with Gasteiger partial charge in [-0.25, -0.2) is 4.98 Å². The Hall–Kier alpha value is -2.53. The van der Waals surface area contributed by atoms with Gasteiger partial charge < -0.3 is 27.0 Å². The van der Waals surface area contributed by atoms with E-state index in [9.17, 15) is 4.79 Å². The molecule has 0 spiro atoms. The van der Waals surface area contributed by atoms with Crippen molar-refractivity contribution in [3.05, 3.63) is 40.9 Å². The van der Waals surface area contributed by atoms with Crippen LogP contribution >= 0.6 is 11.3 Å². The highest BCUT2D eigenvalue weighted by molar-refractivity contribution is 7.17. The zero-order valence-electron chi connectivity index (χ0n) is 15.6. The van der Waals surface area contributed by atoms with E-state index in [0.717, 1.165) is 49.0 Å². The number of rotatable bonds is 8. The van der Waals surface area contributed by atoms with Crippen LogP contribution in [0, 0.1) is 5.41 Å². The van der Waals surface area contributed by atoms with Crippen molar-refractivity contribution in [3.63, 3.8) is 0 Å². The molecule has 0 aliphatic carbocycles. The van der Waals surface area contributed by atoms with Crippen molar-refractivity contribution in [2.24, 2.45) is 11.5 Å². The fraction of sp³-hybridized carbons (Fsp3) is 0.389. The van der Waals surface area contributed by atoms with E-state index in [2.05, 4.69) is 20.5 Å². The molecule has 3 rings (SSSR count). The first-order valence-corrected chi connectivity index (χ1v) is 9.97. The average molecular weight is 403 g/mol. The van der Waals surface area contributed by atoms with Crippen molar-refractivity contribution in [1.29, 1.82) is 5.41 Å². The zero-order valence-corrected chi connectivity index (χ0v) is 16.4. The number of anilines is 2. The smallest absolute Gasteiger partial charge is 0.267 e. The Kier molecular flexibility index (Phi) is 6.93. The van der Waals surface area contributed by atoms with Crippen molar-refractivity contribution >= 4 is 34.4 Å². The molecule has 10 heteroatoms. The summed E-state index contributed by atoms with van der Waals surface area (Å²) >= 11 is 1.39. The van der Waals surface area contributed by atoms with Crippen molar-refractivity contribution in [1.82, 2.24) is 15.2 Å². The summed E-state index contributed by atoms with van der Waals surface area (Å²) in [5.41, 5.74) is 13.3. The maximum atomic E-state index is 12.5. The SMILES string of the molecule is N=CNCCc1ccc(NC(=O)c2cnc(N3CCN(C(N)N)CC3)s2)cc1. The lowest BCUT2D eigenvalue weighted by atomic mass is 10.1. The lowest BCUT2D eigenvalue weighted by Crippen LogP contribution is -2.56. The largest absolute Gasteiger partial charge is 0.376 e. The van der Waals surface area contributed by atoms with Gasteiger partial charge in [-0.15, -0.1) is 0 Å². The van der Waals surface area contributed by atoms with Gasteiger partial charge in [-0.2, -0.15) is 0 Å². The number of thiazole rings is 1. The molecule has 1 aromatic carbocycles. The van der Waals surface area contributed by atoms with Crippen molar-refractivity contribution in [2.45, 2.75) is 12.7 Å². The van der Waals surface area contributed by atoms with Crippen molar-refractivity contribution < 1.29 is 4.79 Å². The molecular formula is C18H26N8OS. The number of nitrogens with zero attached hydrogens (tertiary/aromatic N) is 3. The number of carbonyl (C=O) groups excluding carboxylic acids is 1. The van der Waals surface area contributed by atoms with E-state index in [1.165, 1.54) is 17.7 Å². The minimum atomic E-state index is -0.432. The normalized spacial score (nSPS) is 14.9. The molecule has 0 saturated carbocycles. The van der Waals surface area contributed by atoms with Crippen LogP contribution in [0.4, 0.5) is 10.8 Å². The molecule has 1 amide bonds. The number of hydrogen-bond acceptors (Lipinski definition) is 8. The van der Waals surface area contributed by atoms with Crippen LogP contribution in [0.2, 0.25) is 0 Å². The predicted molar refractivity (Wildman–Crippen MR) is 113 cm³/mol. The third-order valence-electron chi connectivity index (χ3n) is 4.60. The van der Waals surface area contributed by atoms with E-state index in [0.29, 0.717) is 11.4 Å². The molecular weight excluding hydrogens is 376 g/mol. The molecule has 9 nitrogen and oxygen atoms in total. The summed E-state index contributed by atoms with van der Waals surface area (Å²) in [6, 6.07) is 7.71. The number of aromatic nitrogens is 1. The molecule has 1 fully saturated rings. The quantitative estimate of drug-likeness (QED) is 0.187. The minimum absolute atomic E-state index is 0.162. The minimum Gasteiger partial charge on any atom is -0.376 e. The van der Waals surface area contributed by atoms with Gasteiger partial charge in [0.15, 0.2) is 5.13 Å². The molecule has 0 atom stereocenters. The van der Waals surface area contributed by atoms with Gasteiger partial charge >= 0.3 is 0 Å². The van der Waals surface area contributed by atoms with Crippen LogP contribution in [0.3, 0.4) is 0 Å². The fourth-order valence-corrected chi connectivity index (χ4v) is 3.83. The van der Waals surface area contributed by atoms with Gasteiger partial charge in [0.25, 0.3) is 5.91 Å². The van der Waals surface area contributed by atoms with E-state index >= 15 is 0 Å². The molecule has 7 N–H and O–H groups in total. The molecule has 1 saturated heterocycles. The number of benzene rings is 1. The number of amides is 1. The summed E-state index contributed by atoms with van der Waals surface area (Å²) < 4.78 is 0. The molecule has 1 aliphatic rings. The zero-order chi connectivity index (χ0) is 19.9. The molecule has 1 aromatic heterocycles. The van der Waals surface area contributed by atoms with Crippen molar-refractivity contribution in [3.8, 4) is 0 Å². The topological polar surface area (TPSA) is 136 Å². The maximum Gasteiger partial charge on any atom is 0.267 e. The van der Waals surface area contributed by atoms with Gasteiger partial charge in [0.05, 0.1) is 12.5 Å². The van der Waals surface area contributed by atoms with Gasteiger partial charge in [0, 0.05) is 38.4 Å². The molecule has 150 valence electrons. The summed E-state index contributed by atoms with van der Waals surface area (Å²) in [6.07, 6.45) is 3.20. The van der Waals surface area contributed by atoms with Crippen LogP contribution in [0.15, 0.2) is 30.5 Å². The number of hydrogen-bond donors (Lipinski definition) is 5. The fourth-order valence-electron chi connectivity index (χ4n) is 2.96. The van der Waals surface area contributed by atoms with E-state index in [4.69, 9.17) is 16.9 Å². The van der Waals surface area contributed by atoms with Crippen LogP contribution in [0.1, 0.15) is 15.2 Å². The first-order chi connectivity index (χ1) is 13.6. The Balaban J connectivity index is 1.53. The number of piperazine rings is 1. The van der Waals surface area contributed by atoms with Gasteiger partial charge in [-0.3, -0.25) is 15.1 Å². The van der Waals surface area contributed by atoms with Crippen LogP contribution < -0.4 is 27.0 Å².